The molecule has 2 rings (SSSR count). The minimum atomic E-state index is -0.0423. The molecule has 4 nitrogen and oxygen atoms in total. The highest BCUT2D eigenvalue weighted by molar-refractivity contribution is 5.57. The van der Waals surface area contributed by atoms with Crippen molar-refractivity contribution < 1.29 is 9.84 Å². The van der Waals surface area contributed by atoms with Crippen LogP contribution in [-0.2, 0) is 6.61 Å². The van der Waals surface area contributed by atoms with Crippen LogP contribution in [0.25, 0.3) is 11.4 Å². The van der Waals surface area contributed by atoms with Gasteiger partial charge in [-0.15, -0.1) is 0 Å². The van der Waals surface area contributed by atoms with Gasteiger partial charge in [0.2, 0.25) is 0 Å². The SMILES string of the molecule is CCOc1ccc(-c2nc(CO)c(C)[nH]2)cc1. The quantitative estimate of drug-likeness (QED) is 0.850. The molecule has 1 aromatic carbocycles. The van der Waals surface area contributed by atoms with E-state index in [0.717, 1.165) is 22.8 Å². The molecule has 0 spiro atoms. The maximum atomic E-state index is 9.09. The van der Waals surface area contributed by atoms with Crippen molar-refractivity contribution in [1.29, 1.82) is 0 Å². The van der Waals surface area contributed by atoms with Crippen molar-refractivity contribution in [3.8, 4) is 17.1 Å². The molecule has 0 fully saturated rings. The molecule has 0 aliphatic heterocycles. The van der Waals surface area contributed by atoms with Gasteiger partial charge in [-0.25, -0.2) is 4.98 Å². The van der Waals surface area contributed by atoms with E-state index in [1.807, 2.05) is 38.1 Å². The molecule has 0 aliphatic rings. The Hall–Kier alpha value is -1.81. The lowest BCUT2D eigenvalue weighted by Gasteiger charge is -2.03. The van der Waals surface area contributed by atoms with Crippen molar-refractivity contribution in [2.24, 2.45) is 0 Å². The number of aliphatic hydroxyl groups is 1. The Balaban J connectivity index is 2.26. The van der Waals surface area contributed by atoms with Gasteiger partial charge < -0.3 is 14.8 Å². The van der Waals surface area contributed by atoms with Crippen LogP contribution in [0.1, 0.15) is 18.3 Å². The molecular formula is C13H16N2O2. The number of hydrogen-bond acceptors (Lipinski definition) is 3. The van der Waals surface area contributed by atoms with E-state index in [1.54, 1.807) is 0 Å². The number of benzene rings is 1. The van der Waals surface area contributed by atoms with E-state index in [1.165, 1.54) is 0 Å². The lowest BCUT2D eigenvalue weighted by atomic mass is 10.2. The maximum Gasteiger partial charge on any atom is 0.137 e. The summed E-state index contributed by atoms with van der Waals surface area (Å²) in [6.45, 7) is 4.47. The summed E-state index contributed by atoms with van der Waals surface area (Å²) < 4.78 is 5.38. The van der Waals surface area contributed by atoms with Gasteiger partial charge in [0, 0.05) is 11.3 Å². The molecule has 4 heteroatoms. The van der Waals surface area contributed by atoms with Gasteiger partial charge in [0.1, 0.15) is 11.6 Å². The normalized spacial score (nSPS) is 10.5. The molecule has 0 aliphatic carbocycles. The number of hydrogen-bond donors (Lipinski definition) is 2. The fourth-order valence-electron chi connectivity index (χ4n) is 1.66. The summed E-state index contributed by atoms with van der Waals surface area (Å²) in [7, 11) is 0. The molecule has 17 heavy (non-hydrogen) atoms. The highest BCUT2D eigenvalue weighted by Gasteiger charge is 2.07. The van der Waals surface area contributed by atoms with Crippen LogP contribution >= 0.6 is 0 Å². The first-order chi connectivity index (χ1) is 8.24. The Kier molecular flexibility index (Phi) is 3.44. The largest absolute Gasteiger partial charge is 0.494 e. The van der Waals surface area contributed by atoms with Crippen molar-refractivity contribution in [2.45, 2.75) is 20.5 Å². The van der Waals surface area contributed by atoms with Crippen LogP contribution in [0.2, 0.25) is 0 Å². The van der Waals surface area contributed by atoms with E-state index in [9.17, 15) is 0 Å². The number of imidazole rings is 1. The molecule has 0 bridgehead atoms. The summed E-state index contributed by atoms with van der Waals surface area (Å²) >= 11 is 0. The molecule has 0 saturated heterocycles. The average molecular weight is 232 g/mol. The van der Waals surface area contributed by atoms with E-state index >= 15 is 0 Å². The summed E-state index contributed by atoms with van der Waals surface area (Å²) in [5.74, 6) is 1.62. The minimum absolute atomic E-state index is 0.0423. The first-order valence-corrected chi connectivity index (χ1v) is 5.64. The Bertz CT molecular complexity index is 489. The Morgan fingerprint density at radius 1 is 1.29 bits per heavy atom. The van der Waals surface area contributed by atoms with E-state index in [2.05, 4.69) is 9.97 Å². The predicted octanol–water partition coefficient (Wildman–Crippen LogP) is 2.28. The van der Waals surface area contributed by atoms with Gasteiger partial charge in [0.05, 0.1) is 18.9 Å². The third-order valence-corrected chi connectivity index (χ3v) is 2.57. The summed E-state index contributed by atoms with van der Waals surface area (Å²) in [4.78, 5) is 7.48. The van der Waals surface area contributed by atoms with E-state index in [4.69, 9.17) is 9.84 Å². The molecule has 0 saturated carbocycles. The number of ether oxygens (including phenoxy) is 1. The first kappa shape index (κ1) is 11.7. The highest BCUT2D eigenvalue weighted by atomic mass is 16.5. The van der Waals surface area contributed by atoms with Gasteiger partial charge in [-0.2, -0.15) is 0 Å². The average Bonchev–Trinajstić information content (AvgIpc) is 2.72. The third-order valence-electron chi connectivity index (χ3n) is 2.57. The van der Waals surface area contributed by atoms with Crippen LogP contribution in [0.15, 0.2) is 24.3 Å². The first-order valence-electron chi connectivity index (χ1n) is 5.64. The molecule has 0 radical (unpaired) electrons. The van der Waals surface area contributed by atoms with Crippen molar-refractivity contribution in [3.05, 3.63) is 35.7 Å². The van der Waals surface area contributed by atoms with Crippen molar-refractivity contribution in [3.63, 3.8) is 0 Å². The number of aryl methyl sites for hydroxylation is 1. The monoisotopic (exact) mass is 232 g/mol. The Labute approximate surface area is 100 Å². The summed E-state index contributed by atoms with van der Waals surface area (Å²) in [6.07, 6.45) is 0. The number of nitrogens with zero attached hydrogens (tertiary/aromatic N) is 1. The van der Waals surface area contributed by atoms with Crippen molar-refractivity contribution in [2.75, 3.05) is 6.61 Å². The number of aromatic amines is 1. The van der Waals surface area contributed by atoms with Crippen LogP contribution in [-0.4, -0.2) is 21.7 Å². The Morgan fingerprint density at radius 3 is 2.53 bits per heavy atom. The van der Waals surface area contributed by atoms with E-state index in [-0.39, 0.29) is 6.61 Å². The zero-order valence-corrected chi connectivity index (χ0v) is 10.0. The zero-order chi connectivity index (χ0) is 12.3. The standard InChI is InChI=1S/C13H16N2O2/c1-3-17-11-6-4-10(5-7-11)13-14-9(2)12(8-16)15-13/h4-7,16H,3,8H2,1-2H3,(H,14,15). The van der Waals surface area contributed by atoms with Gasteiger partial charge in [0.25, 0.3) is 0 Å². The molecule has 90 valence electrons. The molecule has 0 unspecified atom stereocenters. The van der Waals surface area contributed by atoms with Gasteiger partial charge in [-0.05, 0) is 38.1 Å². The van der Waals surface area contributed by atoms with Crippen LogP contribution in [0, 0.1) is 6.92 Å². The van der Waals surface area contributed by atoms with Crippen molar-refractivity contribution >= 4 is 0 Å². The third kappa shape index (κ3) is 2.47. The molecule has 2 N–H and O–H groups in total. The van der Waals surface area contributed by atoms with Crippen LogP contribution in [0.3, 0.4) is 0 Å². The second kappa shape index (κ2) is 5.01. The molecule has 2 aromatic rings. The van der Waals surface area contributed by atoms with Gasteiger partial charge in [-0.1, -0.05) is 0 Å². The summed E-state index contributed by atoms with van der Waals surface area (Å²) in [5, 5.41) is 9.09. The van der Waals surface area contributed by atoms with E-state index in [0.29, 0.717) is 12.3 Å². The molecule has 1 heterocycles. The maximum absolute atomic E-state index is 9.09. The molecular weight excluding hydrogens is 216 g/mol. The molecule has 0 atom stereocenters. The highest BCUT2D eigenvalue weighted by Crippen LogP contribution is 2.21. The van der Waals surface area contributed by atoms with Gasteiger partial charge in [0.15, 0.2) is 0 Å². The second-order valence-corrected chi connectivity index (χ2v) is 3.77. The smallest absolute Gasteiger partial charge is 0.137 e. The van der Waals surface area contributed by atoms with E-state index < -0.39 is 0 Å². The Morgan fingerprint density at radius 2 is 2.00 bits per heavy atom. The predicted molar refractivity (Wildman–Crippen MR) is 65.9 cm³/mol. The fourth-order valence-corrected chi connectivity index (χ4v) is 1.66. The minimum Gasteiger partial charge on any atom is -0.494 e. The number of H-pyrrole nitrogens is 1. The second-order valence-electron chi connectivity index (χ2n) is 3.77. The number of aliphatic hydroxyl groups excluding tert-OH is 1. The summed E-state index contributed by atoms with van der Waals surface area (Å²) in [5.41, 5.74) is 2.57. The number of nitrogens with one attached hydrogen (secondary N) is 1. The van der Waals surface area contributed by atoms with Gasteiger partial charge in [-0.3, -0.25) is 0 Å². The van der Waals surface area contributed by atoms with Crippen molar-refractivity contribution in [1.82, 2.24) is 9.97 Å². The number of aromatic nitrogens is 2. The van der Waals surface area contributed by atoms with Crippen LogP contribution in [0.4, 0.5) is 0 Å². The molecule has 1 aromatic heterocycles. The zero-order valence-electron chi connectivity index (χ0n) is 10.0. The van der Waals surface area contributed by atoms with Crippen LogP contribution < -0.4 is 4.74 Å². The fraction of sp³-hybridized carbons (Fsp3) is 0.308. The molecule has 0 amide bonds. The van der Waals surface area contributed by atoms with Crippen LogP contribution in [0.5, 0.6) is 5.75 Å². The van der Waals surface area contributed by atoms with Gasteiger partial charge >= 0.3 is 0 Å². The topological polar surface area (TPSA) is 58.1 Å². The number of rotatable bonds is 4. The lowest BCUT2D eigenvalue weighted by Crippen LogP contribution is -1.91. The lowest BCUT2D eigenvalue weighted by molar-refractivity contribution is 0.276. The summed E-state index contributed by atoms with van der Waals surface area (Å²) in [6, 6.07) is 7.72.